The van der Waals surface area contributed by atoms with Gasteiger partial charge in [-0.25, -0.2) is 0 Å². The van der Waals surface area contributed by atoms with Gasteiger partial charge in [-0.05, 0) is 35.2 Å². The lowest BCUT2D eigenvalue weighted by atomic mass is 10.1. The Morgan fingerprint density at radius 1 is 1.16 bits per heavy atom. The first kappa shape index (κ1) is 17.0. The summed E-state index contributed by atoms with van der Waals surface area (Å²) < 4.78 is 7.16. The molecular weight excluding hydrogens is 316 g/mol. The minimum Gasteiger partial charge on any atom is -0.497 e. The van der Waals surface area contributed by atoms with Gasteiger partial charge in [0, 0.05) is 31.2 Å². The number of amides is 1. The summed E-state index contributed by atoms with van der Waals surface area (Å²) in [5.41, 5.74) is 1.87. The van der Waals surface area contributed by atoms with Gasteiger partial charge < -0.3 is 19.7 Å². The smallest absolute Gasteiger partial charge is 0.221 e. The van der Waals surface area contributed by atoms with Gasteiger partial charge in [-0.15, -0.1) is 0 Å². The number of methoxy groups -OCH3 is 1. The summed E-state index contributed by atoms with van der Waals surface area (Å²) in [6, 6.07) is 17.3. The Kier molecular flexibility index (Phi) is 5.36. The number of aliphatic hydroxyl groups excluding tert-OH is 1. The lowest BCUT2D eigenvalue weighted by Gasteiger charge is -2.13. The van der Waals surface area contributed by atoms with Crippen molar-refractivity contribution in [2.24, 2.45) is 0 Å². The second-order valence-electron chi connectivity index (χ2n) is 5.91. The van der Waals surface area contributed by atoms with Crippen molar-refractivity contribution in [1.29, 1.82) is 0 Å². The molecule has 130 valence electrons. The van der Waals surface area contributed by atoms with Gasteiger partial charge in [-0.1, -0.05) is 30.3 Å². The van der Waals surface area contributed by atoms with E-state index in [1.807, 2.05) is 30.5 Å². The average molecular weight is 338 g/mol. The van der Waals surface area contributed by atoms with Gasteiger partial charge in [0.1, 0.15) is 5.75 Å². The number of aliphatic hydroxyl groups is 1. The van der Waals surface area contributed by atoms with Crippen molar-refractivity contribution in [3.05, 3.63) is 66.4 Å². The zero-order valence-electron chi connectivity index (χ0n) is 14.2. The van der Waals surface area contributed by atoms with Crippen LogP contribution >= 0.6 is 0 Å². The van der Waals surface area contributed by atoms with Crippen LogP contribution in [0.1, 0.15) is 18.1 Å². The predicted molar refractivity (Wildman–Crippen MR) is 97.5 cm³/mol. The number of para-hydroxylation sites is 1. The van der Waals surface area contributed by atoms with Gasteiger partial charge in [0.2, 0.25) is 5.91 Å². The number of carbonyl (C=O) groups is 1. The first-order valence-electron chi connectivity index (χ1n) is 8.30. The molecule has 0 spiro atoms. The Morgan fingerprint density at radius 3 is 2.68 bits per heavy atom. The summed E-state index contributed by atoms with van der Waals surface area (Å²) in [5, 5.41) is 14.1. The van der Waals surface area contributed by atoms with Crippen LogP contribution in [-0.2, 0) is 11.3 Å². The Morgan fingerprint density at radius 2 is 1.92 bits per heavy atom. The SMILES string of the molecule is COc1ccc(C(O)CNC(=O)CCn2ccc3ccccc32)cc1. The molecule has 0 saturated carbocycles. The van der Waals surface area contributed by atoms with Crippen LogP contribution in [0.4, 0.5) is 0 Å². The van der Waals surface area contributed by atoms with Crippen molar-refractivity contribution >= 4 is 16.8 Å². The molecule has 0 saturated heterocycles. The third-order valence-electron chi connectivity index (χ3n) is 4.25. The second kappa shape index (κ2) is 7.85. The third-order valence-corrected chi connectivity index (χ3v) is 4.25. The summed E-state index contributed by atoms with van der Waals surface area (Å²) in [6.07, 6.45) is 1.63. The third kappa shape index (κ3) is 4.19. The maximum absolute atomic E-state index is 12.1. The molecule has 5 heteroatoms. The zero-order chi connectivity index (χ0) is 17.6. The Bertz CT molecular complexity index is 840. The second-order valence-corrected chi connectivity index (χ2v) is 5.91. The van der Waals surface area contributed by atoms with Crippen LogP contribution in [0, 0.1) is 0 Å². The van der Waals surface area contributed by atoms with E-state index in [0.29, 0.717) is 13.0 Å². The highest BCUT2D eigenvalue weighted by Crippen LogP contribution is 2.17. The van der Waals surface area contributed by atoms with Crippen molar-refractivity contribution in [2.45, 2.75) is 19.1 Å². The highest BCUT2D eigenvalue weighted by atomic mass is 16.5. The minimum absolute atomic E-state index is 0.0784. The summed E-state index contributed by atoms with van der Waals surface area (Å²) in [7, 11) is 1.60. The topological polar surface area (TPSA) is 63.5 Å². The largest absolute Gasteiger partial charge is 0.497 e. The fraction of sp³-hybridized carbons (Fsp3) is 0.250. The van der Waals surface area contributed by atoms with E-state index >= 15 is 0 Å². The molecule has 3 rings (SSSR count). The first-order chi connectivity index (χ1) is 12.2. The number of nitrogens with one attached hydrogen (secondary N) is 1. The monoisotopic (exact) mass is 338 g/mol. The average Bonchev–Trinajstić information content (AvgIpc) is 3.07. The van der Waals surface area contributed by atoms with Gasteiger partial charge >= 0.3 is 0 Å². The van der Waals surface area contributed by atoms with Crippen molar-refractivity contribution in [1.82, 2.24) is 9.88 Å². The van der Waals surface area contributed by atoms with Crippen molar-refractivity contribution in [3.63, 3.8) is 0 Å². The number of aromatic nitrogens is 1. The fourth-order valence-corrected chi connectivity index (χ4v) is 2.80. The molecule has 0 aliphatic heterocycles. The van der Waals surface area contributed by atoms with E-state index in [9.17, 15) is 9.90 Å². The van der Waals surface area contributed by atoms with E-state index < -0.39 is 6.10 Å². The minimum atomic E-state index is -0.734. The maximum Gasteiger partial charge on any atom is 0.221 e. The molecule has 1 heterocycles. The number of benzene rings is 2. The normalized spacial score (nSPS) is 12.1. The first-order valence-corrected chi connectivity index (χ1v) is 8.30. The Balaban J connectivity index is 1.49. The number of hydrogen-bond donors (Lipinski definition) is 2. The van der Waals surface area contributed by atoms with Gasteiger partial charge in [-0.2, -0.15) is 0 Å². The van der Waals surface area contributed by atoms with E-state index in [2.05, 4.69) is 16.0 Å². The molecule has 1 aromatic heterocycles. The number of fused-ring (bicyclic) bond motifs is 1. The van der Waals surface area contributed by atoms with Crippen LogP contribution in [0.5, 0.6) is 5.75 Å². The molecule has 3 aromatic rings. The van der Waals surface area contributed by atoms with Crippen LogP contribution in [0.2, 0.25) is 0 Å². The van der Waals surface area contributed by atoms with Gasteiger partial charge in [0.15, 0.2) is 0 Å². The number of nitrogens with zero attached hydrogens (tertiary/aromatic N) is 1. The molecule has 0 aliphatic carbocycles. The maximum atomic E-state index is 12.1. The predicted octanol–water partition coefficient (Wildman–Crippen LogP) is 2.89. The molecule has 0 fully saturated rings. The Hall–Kier alpha value is -2.79. The lowest BCUT2D eigenvalue weighted by Crippen LogP contribution is -2.29. The van der Waals surface area contributed by atoms with Crippen LogP contribution in [0.15, 0.2) is 60.8 Å². The molecule has 0 bridgehead atoms. The highest BCUT2D eigenvalue weighted by Gasteiger charge is 2.10. The molecule has 5 nitrogen and oxygen atoms in total. The molecule has 1 unspecified atom stereocenters. The number of rotatable bonds is 7. The number of hydrogen-bond acceptors (Lipinski definition) is 3. The summed E-state index contributed by atoms with van der Waals surface area (Å²) in [4.78, 5) is 12.1. The van der Waals surface area contributed by atoms with E-state index in [0.717, 1.165) is 22.2 Å². The molecule has 25 heavy (non-hydrogen) atoms. The molecule has 0 radical (unpaired) electrons. The number of carbonyl (C=O) groups excluding carboxylic acids is 1. The number of aryl methyl sites for hydroxylation is 1. The molecule has 1 amide bonds. The van der Waals surface area contributed by atoms with Crippen LogP contribution < -0.4 is 10.1 Å². The fourth-order valence-electron chi connectivity index (χ4n) is 2.80. The van der Waals surface area contributed by atoms with Gasteiger partial charge in [-0.3, -0.25) is 4.79 Å². The summed E-state index contributed by atoms with van der Waals surface area (Å²) >= 11 is 0. The zero-order valence-corrected chi connectivity index (χ0v) is 14.2. The quantitative estimate of drug-likeness (QED) is 0.696. The molecule has 1 atom stereocenters. The van der Waals surface area contributed by atoms with Crippen molar-refractivity contribution in [2.75, 3.05) is 13.7 Å². The van der Waals surface area contributed by atoms with Crippen LogP contribution in [-0.4, -0.2) is 29.2 Å². The lowest BCUT2D eigenvalue weighted by molar-refractivity contribution is -0.121. The highest BCUT2D eigenvalue weighted by molar-refractivity contribution is 5.80. The van der Waals surface area contributed by atoms with Crippen molar-refractivity contribution < 1.29 is 14.6 Å². The van der Waals surface area contributed by atoms with Gasteiger partial charge in [0.25, 0.3) is 0 Å². The molecule has 0 aliphatic rings. The number of ether oxygens (including phenoxy) is 1. The summed E-state index contributed by atoms with van der Waals surface area (Å²) in [6.45, 7) is 0.801. The Labute approximate surface area is 146 Å². The molecular formula is C20H22N2O3. The van der Waals surface area contributed by atoms with E-state index in [1.165, 1.54) is 0 Å². The van der Waals surface area contributed by atoms with E-state index in [4.69, 9.17) is 4.74 Å². The van der Waals surface area contributed by atoms with Gasteiger partial charge in [0.05, 0.1) is 13.2 Å². The molecule has 2 N–H and O–H groups in total. The summed E-state index contributed by atoms with van der Waals surface area (Å²) in [5.74, 6) is 0.657. The van der Waals surface area contributed by atoms with Crippen molar-refractivity contribution in [3.8, 4) is 5.75 Å². The van der Waals surface area contributed by atoms with E-state index in [1.54, 1.807) is 31.4 Å². The standard InChI is InChI=1S/C20H22N2O3/c1-25-17-8-6-16(7-9-17)19(23)14-21-20(24)11-13-22-12-10-15-4-2-3-5-18(15)22/h2-10,12,19,23H,11,13-14H2,1H3,(H,21,24). The molecule has 2 aromatic carbocycles. The van der Waals surface area contributed by atoms with Crippen LogP contribution in [0.3, 0.4) is 0 Å². The van der Waals surface area contributed by atoms with E-state index in [-0.39, 0.29) is 12.5 Å². The van der Waals surface area contributed by atoms with Crippen LogP contribution in [0.25, 0.3) is 10.9 Å².